The normalized spacial score (nSPS) is 15.8. The Hall–Kier alpha value is -1.39. The Bertz CT molecular complexity index is 619. The van der Waals surface area contributed by atoms with E-state index >= 15 is 0 Å². The van der Waals surface area contributed by atoms with Gasteiger partial charge in [-0.05, 0) is 6.07 Å². The molecule has 21 heavy (non-hydrogen) atoms. The number of aliphatic hydroxyl groups excluding tert-OH is 1. The summed E-state index contributed by atoms with van der Waals surface area (Å²) in [5, 5.41) is 13.9. The fraction of sp³-hybridized carbons (Fsp3) is 0.400. The molecular formula is C15H17N3OS2. The summed E-state index contributed by atoms with van der Waals surface area (Å²) in [6.07, 6.45) is 1.87. The average Bonchev–Trinajstić information content (AvgIpc) is 3.17. The largest absolute Gasteiger partial charge is 0.384 e. The van der Waals surface area contributed by atoms with E-state index < -0.39 is 0 Å². The van der Waals surface area contributed by atoms with Crippen LogP contribution in [-0.4, -0.2) is 47.8 Å². The van der Waals surface area contributed by atoms with Gasteiger partial charge in [-0.15, -0.1) is 22.7 Å². The van der Waals surface area contributed by atoms with Crippen LogP contribution in [0.4, 0.5) is 5.13 Å². The zero-order valence-corrected chi connectivity index (χ0v) is 13.3. The first kappa shape index (κ1) is 14.5. The Balaban J connectivity index is 1.52. The lowest BCUT2D eigenvalue weighted by atomic mass is 10.3. The van der Waals surface area contributed by atoms with Gasteiger partial charge < -0.3 is 10.0 Å². The van der Waals surface area contributed by atoms with Crippen LogP contribution in [0.15, 0.2) is 23.0 Å². The molecule has 1 saturated heterocycles. The molecule has 4 nitrogen and oxygen atoms in total. The van der Waals surface area contributed by atoms with Crippen LogP contribution in [0, 0.1) is 11.8 Å². The molecule has 0 radical (unpaired) electrons. The molecule has 0 atom stereocenters. The van der Waals surface area contributed by atoms with Gasteiger partial charge in [0.15, 0.2) is 5.13 Å². The summed E-state index contributed by atoms with van der Waals surface area (Å²) in [7, 11) is 0. The molecule has 0 aromatic carbocycles. The van der Waals surface area contributed by atoms with Gasteiger partial charge >= 0.3 is 0 Å². The van der Waals surface area contributed by atoms with Crippen molar-refractivity contribution in [2.45, 2.75) is 6.54 Å². The Morgan fingerprint density at radius 1 is 1.24 bits per heavy atom. The number of thiophene rings is 1. The lowest BCUT2D eigenvalue weighted by Crippen LogP contribution is -2.45. The van der Waals surface area contributed by atoms with Gasteiger partial charge in [0.25, 0.3) is 0 Å². The summed E-state index contributed by atoms with van der Waals surface area (Å²) in [5.74, 6) is 5.64. The molecule has 2 aromatic heterocycles. The molecule has 1 aliphatic heterocycles. The Morgan fingerprint density at radius 2 is 2.10 bits per heavy atom. The summed E-state index contributed by atoms with van der Waals surface area (Å²) in [4.78, 5) is 10.5. The molecule has 0 spiro atoms. The molecule has 1 aliphatic rings. The smallest absolute Gasteiger partial charge is 0.185 e. The van der Waals surface area contributed by atoms with Crippen LogP contribution >= 0.6 is 22.7 Å². The molecule has 3 rings (SSSR count). The molecule has 1 N–H and O–H groups in total. The Labute approximate surface area is 132 Å². The quantitative estimate of drug-likeness (QED) is 0.877. The fourth-order valence-corrected chi connectivity index (χ4v) is 3.91. The fourth-order valence-electron chi connectivity index (χ4n) is 2.36. The van der Waals surface area contributed by atoms with Gasteiger partial charge in [-0.2, -0.15) is 0 Å². The summed E-state index contributed by atoms with van der Waals surface area (Å²) < 4.78 is 0. The van der Waals surface area contributed by atoms with E-state index in [2.05, 4.69) is 38.1 Å². The highest BCUT2D eigenvalue weighted by Crippen LogP contribution is 2.21. The molecule has 2 aromatic rings. The summed E-state index contributed by atoms with van der Waals surface area (Å²) in [5.41, 5.74) is 1.01. The van der Waals surface area contributed by atoms with Gasteiger partial charge in [-0.3, -0.25) is 4.90 Å². The van der Waals surface area contributed by atoms with E-state index in [1.165, 1.54) is 4.88 Å². The Kier molecular flexibility index (Phi) is 4.88. The minimum Gasteiger partial charge on any atom is -0.384 e. The van der Waals surface area contributed by atoms with Crippen LogP contribution in [0.25, 0.3) is 0 Å². The lowest BCUT2D eigenvalue weighted by molar-refractivity contribution is 0.252. The van der Waals surface area contributed by atoms with Crippen LogP contribution in [-0.2, 0) is 6.54 Å². The monoisotopic (exact) mass is 319 g/mol. The third-order valence-corrected chi connectivity index (χ3v) is 5.16. The molecule has 0 unspecified atom stereocenters. The van der Waals surface area contributed by atoms with Gasteiger partial charge in [-0.25, -0.2) is 4.98 Å². The summed E-state index contributed by atoms with van der Waals surface area (Å²) >= 11 is 3.45. The molecule has 6 heteroatoms. The Morgan fingerprint density at radius 3 is 2.81 bits per heavy atom. The van der Waals surface area contributed by atoms with E-state index in [1.807, 2.05) is 11.6 Å². The third-order valence-electron chi connectivity index (χ3n) is 3.41. The van der Waals surface area contributed by atoms with E-state index in [1.54, 1.807) is 22.7 Å². The van der Waals surface area contributed by atoms with Crippen molar-refractivity contribution in [3.63, 3.8) is 0 Å². The molecule has 110 valence electrons. The predicted octanol–water partition coefficient (Wildman–Crippen LogP) is 1.87. The van der Waals surface area contributed by atoms with Crippen molar-refractivity contribution >= 4 is 27.8 Å². The van der Waals surface area contributed by atoms with Crippen molar-refractivity contribution in [1.29, 1.82) is 0 Å². The third kappa shape index (κ3) is 3.83. The zero-order chi connectivity index (χ0) is 14.5. The van der Waals surface area contributed by atoms with Crippen molar-refractivity contribution in [3.8, 4) is 11.8 Å². The van der Waals surface area contributed by atoms with Crippen molar-refractivity contribution in [2.75, 3.05) is 37.7 Å². The highest BCUT2D eigenvalue weighted by Gasteiger charge is 2.18. The van der Waals surface area contributed by atoms with Crippen molar-refractivity contribution in [2.24, 2.45) is 0 Å². The topological polar surface area (TPSA) is 39.6 Å². The predicted molar refractivity (Wildman–Crippen MR) is 87.9 cm³/mol. The summed E-state index contributed by atoms with van der Waals surface area (Å²) in [6, 6.07) is 2.13. The van der Waals surface area contributed by atoms with Crippen LogP contribution < -0.4 is 4.90 Å². The number of piperazine rings is 1. The highest BCUT2D eigenvalue weighted by atomic mass is 32.1. The van der Waals surface area contributed by atoms with E-state index in [4.69, 9.17) is 5.11 Å². The van der Waals surface area contributed by atoms with Gasteiger partial charge in [-0.1, -0.05) is 11.8 Å². The second-order valence-corrected chi connectivity index (χ2v) is 6.71. The second kappa shape index (κ2) is 7.05. The van der Waals surface area contributed by atoms with Crippen molar-refractivity contribution in [1.82, 2.24) is 9.88 Å². The van der Waals surface area contributed by atoms with Crippen LogP contribution in [0.5, 0.6) is 0 Å². The molecule has 0 aliphatic carbocycles. The van der Waals surface area contributed by atoms with Gasteiger partial charge in [0.2, 0.25) is 0 Å². The van der Waals surface area contributed by atoms with E-state index in [0.717, 1.165) is 43.4 Å². The molecular weight excluding hydrogens is 302 g/mol. The number of hydrogen-bond acceptors (Lipinski definition) is 6. The van der Waals surface area contributed by atoms with Crippen LogP contribution in [0.1, 0.15) is 10.4 Å². The van der Waals surface area contributed by atoms with Crippen molar-refractivity contribution in [3.05, 3.63) is 33.5 Å². The SMILES string of the molecule is OCC#Cc1csc(CN2CCN(c3nccs3)CC2)c1. The minimum absolute atomic E-state index is 0.0795. The average molecular weight is 319 g/mol. The number of aliphatic hydroxyl groups is 1. The number of hydrogen-bond donors (Lipinski definition) is 1. The van der Waals surface area contributed by atoms with E-state index in [9.17, 15) is 0 Å². The maximum Gasteiger partial charge on any atom is 0.185 e. The van der Waals surface area contributed by atoms with Crippen LogP contribution in [0.3, 0.4) is 0 Å². The first-order valence-electron chi connectivity index (χ1n) is 6.89. The summed E-state index contributed by atoms with van der Waals surface area (Å²) in [6.45, 7) is 5.11. The number of aromatic nitrogens is 1. The van der Waals surface area contributed by atoms with Crippen LogP contribution in [0.2, 0.25) is 0 Å². The van der Waals surface area contributed by atoms with Gasteiger partial charge in [0.05, 0.1) is 0 Å². The number of thiazole rings is 1. The maximum atomic E-state index is 8.71. The number of anilines is 1. The highest BCUT2D eigenvalue weighted by molar-refractivity contribution is 7.13. The van der Waals surface area contributed by atoms with E-state index in [0.29, 0.717) is 0 Å². The van der Waals surface area contributed by atoms with E-state index in [-0.39, 0.29) is 6.61 Å². The first-order valence-corrected chi connectivity index (χ1v) is 8.65. The molecule has 0 bridgehead atoms. The second-order valence-electron chi connectivity index (χ2n) is 4.84. The van der Waals surface area contributed by atoms with Gasteiger partial charge in [0, 0.05) is 60.1 Å². The molecule has 3 heterocycles. The van der Waals surface area contributed by atoms with Gasteiger partial charge in [0.1, 0.15) is 6.61 Å². The first-order chi connectivity index (χ1) is 10.3. The molecule has 0 saturated carbocycles. The molecule has 1 fully saturated rings. The minimum atomic E-state index is -0.0795. The molecule has 0 amide bonds. The number of rotatable bonds is 3. The number of nitrogens with zero attached hydrogens (tertiary/aromatic N) is 3. The zero-order valence-electron chi connectivity index (χ0n) is 11.7. The maximum absolute atomic E-state index is 8.71. The standard InChI is InChI=1S/C15H17N3OS2/c19-8-1-2-13-10-14(21-12-13)11-17-4-6-18(7-5-17)15-16-3-9-20-15/h3,9-10,12,19H,4-8,11H2. The van der Waals surface area contributed by atoms with Crippen molar-refractivity contribution < 1.29 is 5.11 Å². The lowest BCUT2D eigenvalue weighted by Gasteiger charge is -2.34.